The molecule has 0 aliphatic carbocycles. The lowest BCUT2D eigenvalue weighted by Crippen LogP contribution is -2.33. The molecular weight excluding hydrogens is 550 g/mol. The predicted molar refractivity (Wildman–Crippen MR) is 148 cm³/mol. The van der Waals surface area contributed by atoms with Crippen LogP contribution in [0.25, 0.3) is 33.5 Å². The summed E-state index contributed by atoms with van der Waals surface area (Å²) in [7, 11) is 0. The molecule has 0 unspecified atom stereocenters. The van der Waals surface area contributed by atoms with Crippen molar-refractivity contribution in [2.75, 3.05) is 71.3 Å². The Bertz CT molecular complexity index is 1260. The van der Waals surface area contributed by atoms with Crippen LogP contribution in [-0.2, 0) is 28.5 Å². The van der Waals surface area contributed by atoms with E-state index in [0.717, 1.165) is 0 Å². The number of azide groups is 1. The molecule has 0 atom stereocenters. The summed E-state index contributed by atoms with van der Waals surface area (Å²) in [4.78, 5) is 35.1. The summed E-state index contributed by atoms with van der Waals surface area (Å²) in [5.41, 5.74) is 9.55. The van der Waals surface area contributed by atoms with Crippen molar-refractivity contribution >= 4 is 17.5 Å². The van der Waals surface area contributed by atoms with Gasteiger partial charge in [0.2, 0.25) is 23.5 Å². The van der Waals surface area contributed by atoms with Gasteiger partial charge in [0.05, 0.1) is 71.3 Å². The number of pyridine rings is 2. The Morgan fingerprint density at radius 3 is 1.95 bits per heavy atom. The van der Waals surface area contributed by atoms with Crippen LogP contribution in [0.1, 0.15) is 6.42 Å². The summed E-state index contributed by atoms with van der Waals surface area (Å²) in [6.45, 7) is 2.97. The first-order valence-corrected chi connectivity index (χ1v) is 13.0. The van der Waals surface area contributed by atoms with Crippen molar-refractivity contribution in [1.29, 1.82) is 0 Å². The fourth-order valence-corrected chi connectivity index (χ4v) is 3.08. The van der Waals surface area contributed by atoms with Crippen LogP contribution in [0, 0.1) is 0 Å². The van der Waals surface area contributed by atoms with Crippen LogP contribution < -0.4 is 10.6 Å². The first-order chi connectivity index (χ1) is 20.7. The smallest absolute Gasteiger partial charge is 0.243 e. The van der Waals surface area contributed by atoms with Gasteiger partial charge in [-0.2, -0.15) is 0 Å². The topological polar surface area (TPSA) is 221 Å². The van der Waals surface area contributed by atoms with Crippen LogP contribution in [0.5, 0.6) is 0 Å². The van der Waals surface area contributed by atoms with Crippen molar-refractivity contribution in [3.05, 3.63) is 53.2 Å². The van der Waals surface area contributed by atoms with E-state index in [1.807, 2.05) is 6.07 Å². The molecule has 2 N–H and O–H groups in total. The van der Waals surface area contributed by atoms with Crippen molar-refractivity contribution in [2.45, 2.75) is 6.42 Å². The lowest BCUT2D eigenvalue weighted by molar-refractivity contribution is -0.125. The molecule has 222 valence electrons. The van der Waals surface area contributed by atoms with Crippen molar-refractivity contribution in [3.63, 3.8) is 0 Å². The molecule has 3 aromatic rings. The molecule has 2 amide bonds. The number of anilines is 1. The zero-order valence-corrected chi connectivity index (χ0v) is 22.8. The molecule has 0 saturated carbocycles. The van der Waals surface area contributed by atoms with Gasteiger partial charge in [0.1, 0.15) is 11.4 Å². The van der Waals surface area contributed by atoms with Crippen LogP contribution in [0.2, 0.25) is 0 Å². The standard InChI is InChI=1S/C25H31N11O6/c26-36-30-8-10-40-12-14-42-16-15-41-13-11-39-9-6-22(37)29-18-23(38)31-19-4-5-21(28-17-19)25-34-32-24(33-35-25)20-3-1-2-7-27-20/h1-5,7,17H,6,8-16,18H2,(H,29,37)(H,31,38). The number of hydrogen-bond acceptors (Lipinski definition) is 13. The zero-order valence-electron chi connectivity index (χ0n) is 22.8. The molecule has 3 aromatic heterocycles. The summed E-state index contributed by atoms with van der Waals surface area (Å²) < 4.78 is 21.3. The Morgan fingerprint density at radius 1 is 0.762 bits per heavy atom. The van der Waals surface area contributed by atoms with Gasteiger partial charge in [-0.1, -0.05) is 11.2 Å². The van der Waals surface area contributed by atoms with Crippen molar-refractivity contribution in [2.24, 2.45) is 5.11 Å². The van der Waals surface area contributed by atoms with Gasteiger partial charge in [-0.3, -0.25) is 19.6 Å². The lowest BCUT2D eigenvalue weighted by atomic mass is 10.3. The number of aromatic nitrogens is 6. The van der Waals surface area contributed by atoms with E-state index in [9.17, 15) is 9.59 Å². The average molecular weight is 582 g/mol. The van der Waals surface area contributed by atoms with Gasteiger partial charge in [-0.15, -0.1) is 20.4 Å². The molecule has 3 heterocycles. The monoisotopic (exact) mass is 581 g/mol. The highest BCUT2D eigenvalue weighted by Gasteiger charge is 2.10. The van der Waals surface area contributed by atoms with E-state index >= 15 is 0 Å². The van der Waals surface area contributed by atoms with Gasteiger partial charge in [0.25, 0.3) is 0 Å². The molecular formula is C25H31N11O6. The summed E-state index contributed by atoms with van der Waals surface area (Å²) in [6, 6.07) is 8.60. The van der Waals surface area contributed by atoms with Gasteiger partial charge in [-0.25, -0.2) is 0 Å². The number of nitrogens with zero attached hydrogens (tertiary/aromatic N) is 9. The van der Waals surface area contributed by atoms with E-state index in [1.165, 1.54) is 6.20 Å². The summed E-state index contributed by atoms with van der Waals surface area (Å²) >= 11 is 0. The Balaban J connectivity index is 1.20. The molecule has 0 spiro atoms. The summed E-state index contributed by atoms with van der Waals surface area (Å²) in [5, 5.41) is 24.7. The normalized spacial score (nSPS) is 10.6. The number of carbonyl (C=O) groups is 2. The number of carbonyl (C=O) groups excluding carboxylic acids is 2. The molecule has 0 aromatic carbocycles. The van der Waals surface area contributed by atoms with E-state index in [-0.39, 0.29) is 31.3 Å². The largest absolute Gasteiger partial charge is 0.379 e. The molecule has 0 aliphatic heterocycles. The molecule has 17 heteroatoms. The van der Waals surface area contributed by atoms with Gasteiger partial charge >= 0.3 is 0 Å². The number of hydrogen-bond donors (Lipinski definition) is 2. The fraction of sp³-hybridized carbons (Fsp3) is 0.440. The highest BCUT2D eigenvalue weighted by atomic mass is 16.6. The Kier molecular flexibility index (Phi) is 14.7. The fourth-order valence-electron chi connectivity index (χ4n) is 3.08. The summed E-state index contributed by atoms with van der Waals surface area (Å²) in [6.07, 6.45) is 3.17. The van der Waals surface area contributed by atoms with Gasteiger partial charge in [0, 0.05) is 24.1 Å². The molecule has 0 radical (unpaired) electrons. The second-order valence-electron chi connectivity index (χ2n) is 8.17. The number of amides is 2. The molecule has 0 aliphatic rings. The molecule has 17 nitrogen and oxygen atoms in total. The lowest BCUT2D eigenvalue weighted by Gasteiger charge is -2.08. The molecule has 0 bridgehead atoms. The minimum Gasteiger partial charge on any atom is -0.379 e. The average Bonchev–Trinajstić information content (AvgIpc) is 3.03. The van der Waals surface area contributed by atoms with Crippen LogP contribution in [0.15, 0.2) is 47.8 Å². The van der Waals surface area contributed by atoms with E-state index in [2.05, 4.69) is 51.0 Å². The van der Waals surface area contributed by atoms with E-state index in [1.54, 1.807) is 30.5 Å². The first kappa shape index (κ1) is 31.9. The minimum atomic E-state index is -0.409. The number of rotatable bonds is 20. The minimum absolute atomic E-state index is 0.105. The van der Waals surface area contributed by atoms with Crippen LogP contribution in [-0.4, -0.2) is 108 Å². The highest BCUT2D eigenvalue weighted by molar-refractivity contribution is 5.94. The maximum atomic E-state index is 12.2. The first-order valence-electron chi connectivity index (χ1n) is 13.0. The zero-order chi connectivity index (χ0) is 29.7. The third-order valence-corrected chi connectivity index (χ3v) is 5.08. The Morgan fingerprint density at radius 2 is 1.38 bits per heavy atom. The van der Waals surface area contributed by atoms with Crippen molar-refractivity contribution in [1.82, 2.24) is 35.7 Å². The van der Waals surface area contributed by atoms with Crippen molar-refractivity contribution in [3.8, 4) is 23.0 Å². The second kappa shape index (κ2) is 19.4. The van der Waals surface area contributed by atoms with Crippen LogP contribution in [0.4, 0.5) is 5.69 Å². The van der Waals surface area contributed by atoms with Crippen LogP contribution >= 0.6 is 0 Å². The maximum Gasteiger partial charge on any atom is 0.243 e. The SMILES string of the molecule is [N-]=[N+]=NCCOCCOCCOCCOCCC(=O)NCC(=O)Nc1ccc(-c2nnc(-c3ccccn3)nn2)nc1. The van der Waals surface area contributed by atoms with E-state index < -0.39 is 5.91 Å². The number of nitrogens with one attached hydrogen (secondary N) is 2. The third-order valence-electron chi connectivity index (χ3n) is 5.08. The van der Waals surface area contributed by atoms with Gasteiger partial charge < -0.3 is 29.6 Å². The molecule has 42 heavy (non-hydrogen) atoms. The van der Waals surface area contributed by atoms with E-state index in [0.29, 0.717) is 75.7 Å². The van der Waals surface area contributed by atoms with Gasteiger partial charge in [-0.05, 0) is 29.8 Å². The Labute approximate surface area is 241 Å². The highest BCUT2D eigenvalue weighted by Crippen LogP contribution is 2.15. The Hall–Kier alpha value is -4.67. The van der Waals surface area contributed by atoms with Crippen molar-refractivity contribution < 1.29 is 28.5 Å². The second-order valence-corrected chi connectivity index (χ2v) is 8.17. The summed E-state index contributed by atoms with van der Waals surface area (Å²) in [5.74, 6) is -0.209. The molecule has 3 rings (SSSR count). The quantitative estimate of drug-likeness (QED) is 0.0832. The maximum absolute atomic E-state index is 12.2. The molecule has 0 fully saturated rings. The van der Waals surface area contributed by atoms with E-state index in [4.69, 9.17) is 24.5 Å². The third kappa shape index (κ3) is 12.7. The van der Waals surface area contributed by atoms with Crippen LogP contribution in [0.3, 0.4) is 0 Å². The predicted octanol–water partition coefficient (Wildman–Crippen LogP) is 1.21. The number of ether oxygens (including phenoxy) is 4. The molecule has 0 saturated heterocycles. The van der Waals surface area contributed by atoms with Gasteiger partial charge in [0.15, 0.2) is 0 Å².